The van der Waals surface area contributed by atoms with E-state index < -0.39 is 0 Å². The van der Waals surface area contributed by atoms with Gasteiger partial charge in [-0.25, -0.2) is 14.8 Å². The third-order valence-corrected chi connectivity index (χ3v) is 6.56. The van der Waals surface area contributed by atoms with Gasteiger partial charge in [-0.1, -0.05) is 37.5 Å². The molecule has 0 spiro atoms. The number of carbonyl (C=O) groups excluding carboxylic acids is 1. The lowest BCUT2D eigenvalue weighted by molar-refractivity contribution is 0.262. The summed E-state index contributed by atoms with van der Waals surface area (Å²) in [6.07, 6.45) is 8.06. The van der Waals surface area contributed by atoms with Gasteiger partial charge < -0.3 is 26.2 Å². The van der Waals surface area contributed by atoms with Crippen LogP contribution in [0.4, 0.5) is 27.8 Å². The summed E-state index contributed by atoms with van der Waals surface area (Å²) in [6, 6.07) is 17.5. The second-order valence-electron chi connectivity index (χ2n) is 9.19. The number of aromatic nitrogens is 2. The average molecular weight is 472 g/mol. The van der Waals surface area contributed by atoms with Crippen molar-refractivity contribution < 1.29 is 4.79 Å². The van der Waals surface area contributed by atoms with Gasteiger partial charge >= 0.3 is 6.03 Å². The second kappa shape index (κ2) is 11.2. The number of nitrogens with zero attached hydrogens (tertiary/aromatic N) is 3. The van der Waals surface area contributed by atoms with Crippen LogP contribution in [-0.4, -0.2) is 48.2 Å². The van der Waals surface area contributed by atoms with Gasteiger partial charge in [-0.2, -0.15) is 0 Å². The van der Waals surface area contributed by atoms with Gasteiger partial charge in [0.2, 0.25) is 0 Å². The van der Waals surface area contributed by atoms with Crippen LogP contribution >= 0.6 is 0 Å². The largest absolute Gasteiger partial charge is 0.367 e. The van der Waals surface area contributed by atoms with E-state index in [1.165, 1.54) is 32.1 Å². The SMILES string of the molecule is O=C(Nc1ccccc1)Nc1cc(-c2ccnc(NC3CCCCC3)c2)nc(N2CCNCC2)c1. The highest BCUT2D eigenvalue weighted by Crippen LogP contribution is 2.28. The monoisotopic (exact) mass is 471 g/mol. The molecule has 182 valence electrons. The van der Waals surface area contributed by atoms with Gasteiger partial charge in [0.1, 0.15) is 11.6 Å². The summed E-state index contributed by atoms with van der Waals surface area (Å²) >= 11 is 0. The highest BCUT2D eigenvalue weighted by molar-refractivity contribution is 6.00. The Labute approximate surface area is 206 Å². The molecule has 35 heavy (non-hydrogen) atoms. The van der Waals surface area contributed by atoms with Crippen LogP contribution in [0.3, 0.4) is 0 Å². The summed E-state index contributed by atoms with van der Waals surface area (Å²) < 4.78 is 0. The zero-order valence-electron chi connectivity index (χ0n) is 20.0. The quantitative estimate of drug-likeness (QED) is 0.407. The lowest BCUT2D eigenvalue weighted by Gasteiger charge is -2.29. The molecule has 1 aliphatic heterocycles. The summed E-state index contributed by atoms with van der Waals surface area (Å²) in [5.41, 5.74) is 3.23. The zero-order valence-corrected chi connectivity index (χ0v) is 20.0. The number of amides is 2. The maximum atomic E-state index is 12.7. The minimum absolute atomic E-state index is 0.283. The first kappa shape index (κ1) is 23.1. The predicted octanol–water partition coefficient (Wildman–Crippen LogP) is 4.94. The summed E-state index contributed by atoms with van der Waals surface area (Å²) in [6.45, 7) is 3.57. The van der Waals surface area contributed by atoms with Crippen molar-refractivity contribution in [1.29, 1.82) is 0 Å². The second-order valence-corrected chi connectivity index (χ2v) is 9.19. The van der Waals surface area contributed by atoms with Gasteiger partial charge in [0, 0.05) is 61.4 Å². The fourth-order valence-electron chi connectivity index (χ4n) is 4.73. The molecule has 8 nitrogen and oxygen atoms in total. The van der Waals surface area contributed by atoms with E-state index in [9.17, 15) is 4.79 Å². The number of carbonyl (C=O) groups is 1. The van der Waals surface area contributed by atoms with E-state index in [0.29, 0.717) is 11.7 Å². The Bertz CT molecular complexity index is 1130. The number of urea groups is 1. The van der Waals surface area contributed by atoms with Crippen LogP contribution in [0, 0.1) is 0 Å². The van der Waals surface area contributed by atoms with E-state index in [1.54, 1.807) is 0 Å². The molecule has 3 aromatic rings. The van der Waals surface area contributed by atoms with Crippen LogP contribution < -0.4 is 26.2 Å². The molecule has 4 N–H and O–H groups in total. The molecule has 1 aliphatic carbocycles. The van der Waals surface area contributed by atoms with Crippen molar-refractivity contribution in [1.82, 2.24) is 15.3 Å². The van der Waals surface area contributed by atoms with Gasteiger partial charge in [0.15, 0.2) is 0 Å². The molecule has 3 heterocycles. The summed E-state index contributed by atoms with van der Waals surface area (Å²) in [5.74, 6) is 1.73. The number of pyridine rings is 2. The number of piperazine rings is 1. The van der Waals surface area contributed by atoms with Crippen molar-refractivity contribution in [2.45, 2.75) is 38.1 Å². The Morgan fingerprint density at radius 1 is 0.914 bits per heavy atom. The van der Waals surface area contributed by atoms with Gasteiger partial charge in [0.25, 0.3) is 0 Å². The highest BCUT2D eigenvalue weighted by Gasteiger charge is 2.17. The number of anilines is 4. The van der Waals surface area contributed by atoms with Crippen molar-refractivity contribution in [3.05, 3.63) is 60.8 Å². The first-order chi connectivity index (χ1) is 17.2. The molecule has 2 aliphatic rings. The van der Waals surface area contributed by atoms with Crippen molar-refractivity contribution >= 4 is 29.0 Å². The first-order valence-corrected chi connectivity index (χ1v) is 12.6. The number of para-hydroxylation sites is 1. The number of benzene rings is 1. The maximum Gasteiger partial charge on any atom is 0.323 e. The summed E-state index contributed by atoms with van der Waals surface area (Å²) in [5, 5.41) is 12.9. The normalized spacial score (nSPS) is 16.5. The van der Waals surface area contributed by atoms with E-state index in [2.05, 4.69) is 37.2 Å². The minimum Gasteiger partial charge on any atom is -0.367 e. The molecular formula is C27H33N7O. The Kier molecular flexibility index (Phi) is 7.38. The zero-order chi connectivity index (χ0) is 23.9. The van der Waals surface area contributed by atoms with Crippen molar-refractivity contribution in [3.8, 4) is 11.3 Å². The van der Waals surface area contributed by atoms with Crippen LogP contribution in [0.2, 0.25) is 0 Å². The average Bonchev–Trinajstić information content (AvgIpc) is 2.90. The molecular weight excluding hydrogens is 438 g/mol. The molecule has 2 aromatic heterocycles. The Balaban J connectivity index is 1.40. The van der Waals surface area contributed by atoms with Crippen molar-refractivity contribution in [3.63, 3.8) is 0 Å². The molecule has 8 heteroatoms. The van der Waals surface area contributed by atoms with Crippen molar-refractivity contribution in [2.75, 3.05) is 47.0 Å². The van der Waals surface area contributed by atoms with Crippen LogP contribution in [-0.2, 0) is 0 Å². The molecule has 0 radical (unpaired) electrons. The number of hydrogen-bond acceptors (Lipinski definition) is 6. The molecule has 2 fully saturated rings. The summed E-state index contributed by atoms with van der Waals surface area (Å²) in [4.78, 5) is 24.5. The molecule has 0 unspecified atom stereocenters. The van der Waals surface area contributed by atoms with E-state index in [4.69, 9.17) is 4.98 Å². The Morgan fingerprint density at radius 2 is 1.69 bits per heavy atom. The molecule has 1 saturated carbocycles. The molecule has 1 aromatic carbocycles. The third-order valence-electron chi connectivity index (χ3n) is 6.56. The van der Waals surface area contributed by atoms with E-state index in [0.717, 1.165) is 54.8 Å². The molecule has 0 atom stereocenters. The Hall–Kier alpha value is -3.65. The van der Waals surface area contributed by atoms with E-state index >= 15 is 0 Å². The first-order valence-electron chi connectivity index (χ1n) is 12.6. The van der Waals surface area contributed by atoms with Gasteiger partial charge in [0.05, 0.1) is 5.69 Å². The van der Waals surface area contributed by atoms with Gasteiger partial charge in [-0.15, -0.1) is 0 Å². The Morgan fingerprint density at radius 3 is 2.49 bits per heavy atom. The van der Waals surface area contributed by atoms with Gasteiger partial charge in [-0.3, -0.25) is 0 Å². The van der Waals surface area contributed by atoms with Crippen molar-refractivity contribution in [2.24, 2.45) is 0 Å². The smallest absolute Gasteiger partial charge is 0.323 e. The number of hydrogen-bond donors (Lipinski definition) is 4. The molecule has 5 rings (SSSR count). The lowest BCUT2D eigenvalue weighted by atomic mass is 9.95. The lowest BCUT2D eigenvalue weighted by Crippen LogP contribution is -2.44. The molecule has 2 amide bonds. The van der Waals surface area contributed by atoms with Gasteiger partial charge in [-0.05, 0) is 43.2 Å². The molecule has 0 bridgehead atoms. The predicted molar refractivity (Wildman–Crippen MR) is 142 cm³/mol. The standard InChI is InChI=1S/C27H33N7O/c35-27(31-22-9-5-2-6-10-22)32-23-18-24(33-26(19-23)34-15-13-28-14-16-34)20-11-12-29-25(17-20)30-21-7-3-1-4-8-21/h2,5-6,9-12,17-19,21,28H,1,3-4,7-8,13-16H2,(H,29,30)(H2,31,32,33,35). The minimum atomic E-state index is -0.283. The fraction of sp³-hybridized carbons (Fsp3) is 0.370. The van der Waals surface area contributed by atoms with Crippen LogP contribution in [0.1, 0.15) is 32.1 Å². The van der Waals surface area contributed by atoms with Crippen LogP contribution in [0.15, 0.2) is 60.8 Å². The van der Waals surface area contributed by atoms with Crippen LogP contribution in [0.25, 0.3) is 11.3 Å². The number of nitrogens with one attached hydrogen (secondary N) is 4. The third kappa shape index (κ3) is 6.27. The van der Waals surface area contributed by atoms with Crippen LogP contribution in [0.5, 0.6) is 0 Å². The topological polar surface area (TPSA) is 94.2 Å². The van der Waals surface area contributed by atoms with E-state index in [1.807, 2.05) is 54.7 Å². The number of rotatable bonds is 6. The molecule has 1 saturated heterocycles. The maximum absolute atomic E-state index is 12.7. The fourth-order valence-corrected chi connectivity index (χ4v) is 4.73. The van der Waals surface area contributed by atoms with E-state index in [-0.39, 0.29) is 6.03 Å². The highest BCUT2D eigenvalue weighted by atomic mass is 16.2. The summed E-state index contributed by atoms with van der Waals surface area (Å²) in [7, 11) is 0.